The van der Waals surface area contributed by atoms with Crippen LogP contribution in [-0.2, 0) is 9.59 Å². The van der Waals surface area contributed by atoms with E-state index in [1.807, 2.05) is 39.1 Å². The van der Waals surface area contributed by atoms with Crippen LogP contribution in [0, 0.1) is 31.6 Å². The van der Waals surface area contributed by atoms with Crippen molar-refractivity contribution < 1.29 is 9.59 Å². The van der Waals surface area contributed by atoms with Crippen molar-refractivity contribution in [2.75, 3.05) is 25.5 Å². The minimum absolute atomic E-state index is 0.0349. The highest BCUT2D eigenvalue weighted by Crippen LogP contribution is 2.55. The van der Waals surface area contributed by atoms with E-state index in [4.69, 9.17) is 0 Å². The molecule has 28 heavy (non-hydrogen) atoms. The number of carbonyl (C=O) groups is 2. The van der Waals surface area contributed by atoms with E-state index in [0.29, 0.717) is 0 Å². The number of nitrogens with one attached hydrogen (secondary N) is 2. The van der Waals surface area contributed by atoms with Gasteiger partial charge in [0, 0.05) is 11.2 Å². The quantitative estimate of drug-likeness (QED) is 0.793. The van der Waals surface area contributed by atoms with Crippen molar-refractivity contribution in [3.63, 3.8) is 0 Å². The highest BCUT2D eigenvalue weighted by Gasteiger charge is 2.51. The summed E-state index contributed by atoms with van der Waals surface area (Å²) >= 11 is 0. The summed E-state index contributed by atoms with van der Waals surface area (Å²) in [4.78, 5) is 26.9. The van der Waals surface area contributed by atoms with Crippen LogP contribution in [-0.4, -0.2) is 42.4 Å². The molecule has 5 nitrogen and oxygen atoms in total. The van der Waals surface area contributed by atoms with Crippen LogP contribution in [0.2, 0.25) is 0 Å². The maximum atomic E-state index is 12.7. The van der Waals surface area contributed by atoms with Crippen LogP contribution in [0.4, 0.5) is 5.69 Å². The topological polar surface area (TPSA) is 61.4 Å². The zero-order valence-corrected chi connectivity index (χ0v) is 17.4. The van der Waals surface area contributed by atoms with Crippen LogP contribution in [0.5, 0.6) is 0 Å². The lowest BCUT2D eigenvalue weighted by Gasteiger charge is -2.57. The number of amides is 2. The van der Waals surface area contributed by atoms with Crippen molar-refractivity contribution >= 4 is 17.5 Å². The predicted octanol–water partition coefficient (Wildman–Crippen LogP) is 3.26. The molecule has 2 amide bonds. The Morgan fingerprint density at radius 3 is 2.00 bits per heavy atom. The molecule has 4 saturated carbocycles. The number of nitrogens with zero attached hydrogens (tertiary/aromatic N) is 1. The normalized spacial score (nSPS) is 30.5. The monoisotopic (exact) mass is 383 g/mol. The van der Waals surface area contributed by atoms with Crippen LogP contribution in [0.1, 0.15) is 49.7 Å². The van der Waals surface area contributed by atoms with Gasteiger partial charge < -0.3 is 10.6 Å². The molecule has 0 aromatic heterocycles. The van der Waals surface area contributed by atoms with Gasteiger partial charge in [0.15, 0.2) is 0 Å². The second kappa shape index (κ2) is 7.51. The molecule has 4 aliphatic rings. The number of likely N-dealkylation sites (N-methyl/N-ethyl adjacent to an activating group) is 1. The molecule has 0 saturated heterocycles. The average molecular weight is 384 g/mol. The maximum absolute atomic E-state index is 12.7. The fourth-order valence-electron chi connectivity index (χ4n) is 6.34. The Morgan fingerprint density at radius 1 is 0.964 bits per heavy atom. The Balaban J connectivity index is 1.28. The van der Waals surface area contributed by atoms with Crippen molar-refractivity contribution in [1.82, 2.24) is 10.2 Å². The lowest BCUT2D eigenvalue weighted by atomic mass is 9.53. The zero-order valence-electron chi connectivity index (χ0n) is 17.4. The molecular weight excluding hydrogens is 350 g/mol. The number of hydrogen-bond donors (Lipinski definition) is 2. The fourth-order valence-corrected chi connectivity index (χ4v) is 6.34. The minimum atomic E-state index is -0.0810. The smallest absolute Gasteiger partial charge is 0.238 e. The van der Waals surface area contributed by atoms with Gasteiger partial charge in [0.05, 0.1) is 13.1 Å². The van der Waals surface area contributed by atoms with Gasteiger partial charge in [0.25, 0.3) is 0 Å². The summed E-state index contributed by atoms with van der Waals surface area (Å²) in [6.45, 7) is 4.46. The van der Waals surface area contributed by atoms with Crippen molar-refractivity contribution in [3.05, 3.63) is 29.3 Å². The maximum Gasteiger partial charge on any atom is 0.238 e. The molecule has 0 aliphatic heterocycles. The molecule has 0 unspecified atom stereocenters. The lowest BCUT2D eigenvalue weighted by molar-refractivity contribution is -0.128. The summed E-state index contributed by atoms with van der Waals surface area (Å²) in [5, 5.41) is 6.38. The Morgan fingerprint density at radius 2 is 1.46 bits per heavy atom. The third kappa shape index (κ3) is 4.09. The van der Waals surface area contributed by atoms with E-state index in [1.54, 1.807) is 4.90 Å². The van der Waals surface area contributed by atoms with E-state index in [0.717, 1.165) is 53.8 Å². The molecule has 0 atom stereocenters. The van der Waals surface area contributed by atoms with Crippen molar-refractivity contribution in [2.45, 2.75) is 57.9 Å². The highest BCUT2D eigenvalue weighted by molar-refractivity contribution is 5.94. The molecule has 0 spiro atoms. The summed E-state index contributed by atoms with van der Waals surface area (Å²) in [6, 6.07) is 5.97. The second-order valence-corrected chi connectivity index (χ2v) is 9.73. The molecule has 5 heteroatoms. The Hall–Kier alpha value is -1.88. The van der Waals surface area contributed by atoms with Gasteiger partial charge in [-0.1, -0.05) is 18.2 Å². The van der Waals surface area contributed by atoms with Crippen LogP contribution in [0.15, 0.2) is 18.2 Å². The fraction of sp³-hybridized carbons (Fsp3) is 0.652. The second-order valence-electron chi connectivity index (χ2n) is 9.73. The molecule has 4 aliphatic carbocycles. The summed E-state index contributed by atoms with van der Waals surface area (Å²) in [7, 11) is 1.84. The van der Waals surface area contributed by atoms with Crippen molar-refractivity contribution in [2.24, 2.45) is 17.8 Å². The Bertz CT molecular complexity index is 718. The third-order valence-electron chi connectivity index (χ3n) is 7.02. The van der Waals surface area contributed by atoms with Gasteiger partial charge in [-0.3, -0.25) is 14.5 Å². The zero-order chi connectivity index (χ0) is 19.9. The Kier molecular flexibility index (Phi) is 5.21. The molecule has 0 heterocycles. The largest absolute Gasteiger partial charge is 0.350 e. The SMILES string of the molecule is Cc1cccc(C)c1NC(=O)CN(C)CC(=O)NC12CC3CC(CC(C3)C1)C2. The van der Waals surface area contributed by atoms with Gasteiger partial charge in [-0.15, -0.1) is 0 Å². The predicted molar refractivity (Wildman–Crippen MR) is 111 cm³/mol. The number of carbonyl (C=O) groups excluding carboxylic acids is 2. The lowest BCUT2D eigenvalue weighted by Crippen LogP contribution is -2.61. The number of benzene rings is 1. The molecule has 2 N–H and O–H groups in total. The number of anilines is 1. The van der Waals surface area contributed by atoms with Crippen LogP contribution >= 0.6 is 0 Å². The molecule has 1 aromatic carbocycles. The van der Waals surface area contributed by atoms with Crippen LogP contribution in [0.3, 0.4) is 0 Å². The minimum Gasteiger partial charge on any atom is -0.350 e. The average Bonchev–Trinajstić information content (AvgIpc) is 2.56. The molecule has 1 aromatic rings. The molecule has 152 valence electrons. The third-order valence-corrected chi connectivity index (χ3v) is 7.02. The van der Waals surface area contributed by atoms with E-state index in [1.165, 1.54) is 19.3 Å². The van der Waals surface area contributed by atoms with Gasteiger partial charge >= 0.3 is 0 Å². The van der Waals surface area contributed by atoms with E-state index in [2.05, 4.69) is 10.6 Å². The van der Waals surface area contributed by atoms with Gasteiger partial charge in [-0.2, -0.15) is 0 Å². The van der Waals surface area contributed by atoms with Gasteiger partial charge in [-0.05, 0) is 88.3 Å². The summed E-state index contributed by atoms with van der Waals surface area (Å²) in [6.07, 6.45) is 7.57. The van der Waals surface area contributed by atoms with E-state index in [-0.39, 0.29) is 30.4 Å². The van der Waals surface area contributed by atoms with E-state index < -0.39 is 0 Å². The summed E-state index contributed by atoms with van der Waals surface area (Å²) in [5.74, 6) is 2.42. The van der Waals surface area contributed by atoms with Crippen molar-refractivity contribution in [1.29, 1.82) is 0 Å². The highest BCUT2D eigenvalue weighted by atomic mass is 16.2. The number of aryl methyl sites for hydroxylation is 2. The number of rotatable bonds is 6. The van der Waals surface area contributed by atoms with E-state index >= 15 is 0 Å². The first-order chi connectivity index (χ1) is 13.3. The van der Waals surface area contributed by atoms with Crippen LogP contribution in [0.25, 0.3) is 0 Å². The molecule has 4 bridgehead atoms. The van der Waals surface area contributed by atoms with Gasteiger partial charge in [0.1, 0.15) is 0 Å². The Labute approximate surface area is 168 Å². The number of para-hydroxylation sites is 1. The first kappa shape index (κ1) is 19.4. The molecule has 4 fully saturated rings. The first-order valence-electron chi connectivity index (χ1n) is 10.7. The summed E-state index contributed by atoms with van der Waals surface area (Å²) in [5.41, 5.74) is 3.01. The van der Waals surface area contributed by atoms with Crippen molar-refractivity contribution in [3.8, 4) is 0 Å². The summed E-state index contributed by atoms with van der Waals surface area (Å²) < 4.78 is 0. The van der Waals surface area contributed by atoms with Crippen LogP contribution < -0.4 is 10.6 Å². The molecule has 5 rings (SSSR count). The molecular formula is C23H33N3O2. The van der Waals surface area contributed by atoms with Gasteiger partial charge in [0.2, 0.25) is 11.8 Å². The van der Waals surface area contributed by atoms with Gasteiger partial charge in [-0.25, -0.2) is 0 Å². The van der Waals surface area contributed by atoms with E-state index in [9.17, 15) is 9.59 Å². The molecule has 0 radical (unpaired) electrons. The first-order valence-corrected chi connectivity index (χ1v) is 10.7. The standard InChI is InChI=1S/C23H33N3O2/c1-15-5-4-6-16(2)22(15)24-20(27)13-26(3)14-21(28)25-23-10-17-7-18(11-23)9-19(8-17)12-23/h4-6,17-19H,7-14H2,1-3H3,(H,24,27)(H,25,28). The number of hydrogen-bond acceptors (Lipinski definition) is 3.